The number of piperidine rings is 2. The third kappa shape index (κ3) is 6.59. The first-order valence-corrected chi connectivity index (χ1v) is 10.9. The number of rotatable bonds is 7. The second kappa shape index (κ2) is 9.60. The van der Waals surface area contributed by atoms with E-state index in [2.05, 4.69) is 45.2 Å². The molecule has 0 N–H and O–H groups in total. The Hall–Kier alpha value is 0.620. The molecule has 0 aliphatic carbocycles. The minimum Gasteiger partial charge on any atom is -0.302 e. The van der Waals surface area contributed by atoms with Crippen LogP contribution in [0.2, 0.25) is 0 Å². The second-order valence-electron chi connectivity index (χ2n) is 6.74. The lowest BCUT2D eigenvalue weighted by Crippen LogP contribution is -2.36. The maximum atomic E-state index is 2.66. The Morgan fingerprint density at radius 2 is 1.25 bits per heavy atom. The fourth-order valence-electron chi connectivity index (χ4n) is 3.43. The number of hydrogen-bond donors (Lipinski definition) is 0. The first-order valence-electron chi connectivity index (χ1n) is 8.43. The van der Waals surface area contributed by atoms with Crippen molar-refractivity contribution in [3.05, 3.63) is 0 Å². The summed E-state index contributed by atoms with van der Waals surface area (Å²) in [6.45, 7) is 12.7. The van der Waals surface area contributed by atoms with Gasteiger partial charge < -0.3 is 9.80 Å². The fraction of sp³-hybridized carbons (Fsp3) is 1.00. The van der Waals surface area contributed by atoms with Crippen LogP contribution >= 0.6 is 21.6 Å². The number of likely N-dealkylation sites (tertiary alicyclic amines) is 2. The van der Waals surface area contributed by atoms with Crippen LogP contribution in [0.25, 0.3) is 0 Å². The van der Waals surface area contributed by atoms with E-state index in [0.717, 1.165) is 11.8 Å². The molecule has 0 aromatic heterocycles. The predicted octanol–water partition coefficient (Wildman–Crippen LogP) is 3.83. The highest BCUT2D eigenvalue weighted by Gasteiger charge is 2.16. The van der Waals surface area contributed by atoms with Crippen LogP contribution in [0.4, 0.5) is 0 Å². The average Bonchev–Trinajstić information content (AvgIpc) is 2.43. The predicted molar refractivity (Wildman–Crippen MR) is 94.6 cm³/mol. The van der Waals surface area contributed by atoms with Crippen LogP contribution in [0.1, 0.15) is 39.5 Å². The average molecular weight is 317 g/mol. The van der Waals surface area contributed by atoms with Crippen molar-refractivity contribution < 1.29 is 0 Å². The zero-order valence-corrected chi connectivity index (χ0v) is 15.0. The van der Waals surface area contributed by atoms with Gasteiger partial charge in [0.25, 0.3) is 0 Å². The Morgan fingerprint density at radius 3 is 1.65 bits per heavy atom. The van der Waals surface area contributed by atoms with Crippen LogP contribution in [0.5, 0.6) is 0 Å². The molecule has 0 aromatic carbocycles. The summed E-state index contributed by atoms with van der Waals surface area (Å²) in [6, 6.07) is 0. The molecule has 0 amide bonds. The number of hydrogen-bond acceptors (Lipinski definition) is 4. The zero-order chi connectivity index (χ0) is 14.2. The Bertz CT molecular complexity index is 237. The molecular weight excluding hydrogens is 284 g/mol. The van der Waals surface area contributed by atoms with Gasteiger partial charge in [-0.05, 0) is 50.6 Å². The van der Waals surface area contributed by atoms with Crippen molar-refractivity contribution in [2.45, 2.75) is 39.5 Å². The monoisotopic (exact) mass is 316 g/mol. The summed E-state index contributed by atoms with van der Waals surface area (Å²) in [5.41, 5.74) is 0. The highest BCUT2D eigenvalue weighted by molar-refractivity contribution is 8.76. The Labute approximate surface area is 133 Å². The van der Waals surface area contributed by atoms with E-state index in [-0.39, 0.29) is 0 Å². The second-order valence-corrected chi connectivity index (χ2v) is 9.44. The minimum atomic E-state index is 0.919. The van der Waals surface area contributed by atoms with Gasteiger partial charge in [-0.25, -0.2) is 0 Å². The lowest BCUT2D eigenvalue weighted by Gasteiger charge is -2.31. The van der Waals surface area contributed by atoms with Crippen LogP contribution in [-0.2, 0) is 0 Å². The Kier molecular flexibility index (Phi) is 8.15. The van der Waals surface area contributed by atoms with Crippen LogP contribution in [0.15, 0.2) is 0 Å². The van der Waals surface area contributed by atoms with Crippen molar-refractivity contribution >= 4 is 21.6 Å². The SMILES string of the molecule is C[C@@H]1CCCN(CCSSCCN2CCC[C@H](C)C2)C1. The Balaban J connectivity index is 1.43. The van der Waals surface area contributed by atoms with E-state index in [1.165, 1.54) is 76.5 Å². The summed E-state index contributed by atoms with van der Waals surface area (Å²) in [4.78, 5) is 5.32. The largest absolute Gasteiger partial charge is 0.302 e. The molecule has 2 aliphatic rings. The normalized spacial score (nSPS) is 29.7. The first-order chi connectivity index (χ1) is 9.74. The van der Waals surface area contributed by atoms with Crippen LogP contribution in [0, 0.1) is 11.8 Å². The molecule has 0 unspecified atom stereocenters. The molecule has 2 rings (SSSR count). The van der Waals surface area contributed by atoms with Crippen molar-refractivity contribution in [1.82, 2.24) is 9.80 Å². The first kappa shape index (κ1) is 17.0. The molecule has 4 heteroatoms. The van der Waals surface area contributed by atoms with E-state index in [1.54, 1.807) is 0 Å². The summed E-state index contributed by atoms with van der Waals surface area (Å²) in [6.07, 6.45) is 5.69. The van der Waals surface area contributed by atoms with E-state index >= 15 is 0 Å². The van der Waals surface area contributed by atoms with Crippen LogP contribution in [-0.4, -0.2) is 60.6 Å². The van der Waals surface area contributed by atoms with Gasteiger partial charge >= 0.3 is 0 Å². The molecule has 0 bridgehead atoms. The molecule has 2 nitrogen and oxygen atoms in total. The molecule has 2 fully saturated rings. The van der Waals surface area contributed by atoms with Gasteiger partial charge in [0.1, 0.15) is 0 Å². The minimum absolute atomic E-state index is 0.919. The third-order valence-electron chi connectivity index (χ3n) is 4.55. The van der Waals surface area contributed by atoms with Crippen LogP contribution < -0.4 is 0 Å². The molecular formula is C16H32N2S2. The quantitative estimate of drug-likeness (QED) is 0.520. The lowest BCUT2D eigenvalue weighted by atomic mass is 10.0. The van der Waals surface area contributed by atoms with Gasteiger partial charge in [0.15, 0.2) is 0 Å². The van der Waals surface area contributed by atoms with Gasteiger partial charge in [-0.2, -0.15) is 0 Å². The van der Waals surface area contributed by atoms with E-state index in [9.17, 15) is 0 Å². The maximum Gasteiger partial charge on any atom is 0.0165 e. The molecule has 2 heterocycles. The smallest absolute Gasteiger partial charge is 0.0165 e. The van der Waals surface area contributed by atoms with E-state index in [0.29, 0.717) is 0 Å². The van der Waals surface area contributed by atoms with Crippen molar-refractivity contribution in [1.29, 1.82) is 0 Å². The van der Waals surface area contributed by atoms with Gasteiger partial charge in [-0.1, -0.05) is 35.4 Å². The van der Waals surface area contributed by atoms with Gasteiger partial charge in [0.2, 0.25) is 0 Å². The van der Waals surface area contributed by atoms with Gasteiger partial charge in [-0.15, -0.1) is 0 Å². The molecule has 20 heavy (non-hydrogen) atoms. The topological polar surface area (TPSA) is 6.48 Å². The summed E-state index contributed by atoms with van der Waals surface area (Å²) in [5.74, 6) is 4.44. The third-order valence-corrected chi connectivity index (χ3v) is 6.91. The van der Waals surface area contributed by atoms with E-state index < -0.39 is 0 Å². The standard InChI is InChI=1S/C16H32N2S2/c1-15-5-3-7-17(13-15)9-11-19-20-12-10-18-8-4-6-16(2)14-18/h15-16H,3-14H2,1-2H3/t15-,16+. The van der Waals surface area contributed by atoms with Crippen molar-refractivity contribution in [3.8, 4) is 0 Å². The molecule has 0 saturated carbocycles. The summed E-state index contributed by atoms with van der Waals surface area (Å²) in [7, 11) is 4.17. The highest BCUT2D eigenvalue weighted by atomic mass is 33.1. The summed E-state index contributed by atoms with van der Waals surface area (Å²) >= 11 is 0. The molecule has 0 aromatic rings. The van der Waals surface area contributed by atoms with Crippen molar-refractivity contribution in [2.75, 3.05) is 50.8 Å². The Morgan fingerprint density at radius 1 is 0.800 bits per heavy atom. The molecule has 118 valence electrons. The maximum absolute atomic E-state index is 2.66. The summed E-state index contributed by atoms with van der Waals surface area (Å²) in [5, 5.41) is 0. The van der Waals surface area contributed by atoms with Crippen molar-refractivity contribution in [2.24, 2.45) is 11.8 Å². The van der Waals surface area contributed by atoms with E-state index in [1.807, 2.05) is 0 Å². The lowest BCUT2D eigenvalue weighted by molar-refractivity contribution is 0.194. The van der Waals surface area contributed by atoms with Gasteiger partial charge in [-0.3, -0.25) is 0 Å². The molecule has 0 spiro atoms. The van der Waals surface area contributed by atoms with Crippen LogP contribution in [0.3, 0.4) is 0 Å². The molecule has 2 saturated heterocycles. The molecule has 0 radical (unpaired) electrons. The fourth-order valence-corrected chi connectivity index (χ4v) is 5.49. The highest BCUT2D eigenvalue weighted by Crippen LogP contribution is 2.23. The van der Waals surface area contributed by atoms with Gasteiger partial charge in [0, 0.05) is 37.7 Å². The zero-order valence-electron chi connectivity index (χ0n) is 13.4. The van der Waals surface area contributed by atoms with Gasteiger partial charge in [0.05, 0.1) is 0 Å². The van der Waals surface area contributed by atoms with E-state index in [4.69, 9.17) is 0 Å². The summed E-state index contributed by atoms with van der Waals surface area (Å²) < 4.78 is 0. The molecule has 2 aliphatic heterocycles. The van der Waals surface area contributed by atoms with Crippen molar-refractivity contribution in [3.63, 3.8) is 0 Å². The number of nitrogens with zero attached hydrogens (tertiary/aromatic N) is 2. The molecule has 2 atom stereocenters.